The summed E-state index contributed by atoms with van der Waals surface area (Å²) in [7, 11) is 1.67. The fourth-order valence-electron chi connectivity index (χ4n) is 1.02. The molecule has 0 radical (unpaired) electrons. The minimum absolute atomic E-state index is 0.125. The number of methoxy groups -OCH3 is 1. The van der Waals surface area contributed by atoms with E-state index in [1.165, 1.54) is 0 Å². The molecule has 1 rings (SSSR count). The third-order valence-corrected chi connectivity index (χ3v) is 2.45. The molecule has 0 heterocycles. The summed E-state index contributed by atoms with van der Waals surface area (Å²) in [6, 6.07) is 7.78. The lowest BCUT2D eigenvalue weighted by Crippen LogP contribution is -2.16. The first kappa shape index (κ1) is 11.8. The second-order valence-corrected chi connectivity index (χ2v) is 4.65. The molecule has 0 spiro atoms. The highest BCUT2D eigenvalue weighted by molar-refractivity contribution is 5.89. The highest BCUT2D eigenvalue weighted by Gasteiger charge is 2.13. The van der Waals surface area contributed by atoms with Crippen LogP contribution in [0.15, 0.2) is 29.3 Å². The van der Waals surface area contributed by atoms with E-state index in [2.05, 4.69) is 32.7 Å². The van der Waals surface area contributed by atoms with Gasteiger partial charge < -0.3 is 4.74 Å². The van der Waals surface area contributed by atoms with Crippen LogP contribution in [-0.2, 0) is 0 Å². The molecule has 0 aromatic heterocycles. The molecule has 1 aromatic carbocycles. The van der Waals surface area contributed by atoms with Crippen LogP contribution < -0.4 is 4.74 Å². The van der Waals surface area contributed by atoms with E-state index in [1.807, 2.05) is 24.3 Å². The number of hydrogen-bond donors (Lipinski definition) is 0. The third kappa shape index (κ3) is 3.39. The van der Waals surface area contributed by atoms with Crippen molar-refractivity contribution in [3.63, 3.8) is 0 Å². The van der Waals surface area contributed by atoms with Crippen molar-refractivity contribution >= 4 is 11.4 Å². The maximum atomic E-state index is 5.09. The third-order valence-electron chi connectivity index (χ3n) is 2.45. The van der Waals surface area contributed by atoms with Gasteiger partial charge in [0.15, 0.2) is 0 Å². The van der Waals surface area contributed by atoms with Gasteiger partial charge in [-0.2, -0.15) is 0 Å². The van der Waals surface area contributed by atoms with Crippen LogP contribution in [0.3, 0.4) is 0 Å². The van der Waals surface area contributed by atoms with E-state index in [0.29, 0.717) is 0 Å². The highest BCUT2D eigenvalue weighted by atomic mass is 16.5. The molecule has 0 aliphatic rings. The number of rotatable bonds is 2. The van der Waals surface area contributed by atoms with Crippen molar-refractivity contribution in [1.29, 1.82) is 0 Å². The molecule has 0 aliphatic heterocycles. The second kappa shape index (κ2) is 4.47. The van der Waals surface area contributed by atoms with Gasteiger partial charge in [-0.1, -0.05) is 20.8 Å². The predicted octanol–water partition coefficient (Wildman–Crippen LogP) is 3.83. The van der Waals surface area contributed by atoms with Gasteiger partial charge in [-0.15, -0.1) is 0 Å². The van der Waals surface area contributed by atoms with Gasteiger partial charge in [-0.05, 0) is 36.6 Å². The summed E-state index contributed by atoms with van der Waals surface area (Å²) in [5, 5.41) is 0. The van der Waals surface area contributed by atoms with E-state index in [9.17, 15) is 0 Å². The molecule has 0 aliphatic carbocycles. The lowest BCUT2D eigenvalue weighted by Gasteiger charge is -2.17. The second-order valence-electron chi connectivity index (χ2n) is 4.65. The average molecular weight is 205 g/mol. The minimum Gasteiger partial charge on any atom is -0.497 e. The van der Waals surface area contributed by atoms with Crippen LogP contribution in [0, 0.1) is 5.41 Å². The Morgan fingerprint density at radius 1 is 1.13 bits per heavy atom. The van der Waals surface area contributed by atoms with Crippen LogP contribution in [0.25, 0.3) is 0 Å². The van der Waals surface area contributed by atoms with Crippen molar-refractivity contribution in [2.24, 2.45) is 10.4 Å². The molecule has 0 N–H and O–H groups in total. The van der Waals surface area contributed by atoms with Crippen LogP contribution >= 0.6 is 0 Å². The van der Waals surface area contributed by atoms with Crippen LogP contribution in [0.4, 0.5) is 5.69 Å². The molecule has 1 aromatic rings. The van der Waals surface area contributed by atoms with Crippen molar-refractivity contribution in [3.8, 4) is 5.75 Å². The smallest absolute Gasteiger partial charge is 0.119 e. The Kier molecular flexibility index (Phi) is 3.51. The van der Waals surface area contributed by atoms with Gasteiger partial charge in [-0.25, -0.2) is 0 Å². The Hall–Kier alpha value is -1.31. The monoisotopic (exact) mass is 205 g/mol. The zero-order valence-electron chi connectivity index (χ0n) is 10.2. The normalized spacial score (nSPS) is 12.7. The highest BCUT2D eigenvalue weighted by Crippen LogP contribution is 2.22. The zero-order valence-corrected chi connectivity index (χ0v) is 10.2. The number of ether oxygens (including phenoxy) is 1. The van der Waals surface area contributed by atoms with Gasteiger partial charge in [0.2, 0.25) is 0 Å². The van der Waals surface area contributed by atoms with Gasteiger partial charge in [-0.3, -0.25) is 4.99 Å². The summed E-state index contributed by atoms with van der Waals surface area (Å²) in [5.74, 6) is 0.863. The Morgan fingerprint density at radius 3 is 2.07 bits per heavy atom. The van der Waals surface area contributed by atoms with Gasteiger partial charge in [0, 0.05) is 5.71 Å². The van der Waals surface area contributed by atoms with Gasteiger partial charge in [0.05, 0.1) is 12.8 Å². The Balaban J connectivity index is 2.89. The molecule has 2 nitrogen and oxygen atoms in total. The molecule has 2 heteroatoms. The quantitative estimate of drug-likeness (QED) is 0.672. The first-order valence-electron chi connectivity index (χ1n) is 5.13. The molecule has 0 fully saturated rings. The molecular weight excluding hydrogens is 186 g/mol. The molecule has 0 amide bonds. The summed E-state index contributed by atoms with van der Waals surface area (Å²) in [4.78, 5) is 4.57. The van der Waals surface area contributed by atoms with E-state index in [1.54, 1.807) is 7.11 Å². The van der Waals surface area contributed by atoms with E-state index in [4.69, 9.17) is 4.74 Å². The fraction of sp³-hybridized carbons (Fsp3) is 0.462. The van der Waals surface area contributed by atoms with Crippen molar-refractivity contribution < 1.29 is 4.74 Å². The van der Waals surface area contributed by atoms with Gasteiger partial charge in [0.1, 0.15) is 5.75 Å². The summed E-state index contributed by atoms with van der Waals surface area (Å²) in [6.45, 7) is 8.55. The largest absolute Gasteiger partial charge is 0.497 e. The maximum Gasteiger partial charge on any atom is 0.119 e. The van der Waals surface area contributed by atoms with E-state index in [0.717, 1.165) is 17.1 Å². The van der Waals surface area contributed by atoms with Crippen molar-refractivity contribution in [1.82, 2.24) is 0 Å². The lowest BCUT2D eigenvalue weighted by atomic mass is 9.91. The van der Waals surface area contributed by atoms with Crippen LogP contribution in [0.5, 0.6) is 5.75 Å². The first-order chi connectivity index (χ1) is 6.93. The van der Waals surface area contributed by atoms with Crippen LogP contribution in [0.2, 0.25) is 0 Å². The Morgan fingerprint density at radius 2 is 1.67 bits per heavy atom. The molecular formula is C13H19NO. The Bertz CT molecular complexity index is 344. The number of benzene rings is 1. The van der Waals surface area contributed by atoms with E-state index in [-0.39, 0.29) is 5.41 Å². The molecule has 0 saturated carbocycles. The lowest BCUT2D eigenvalue weighted by molar-refractivity contribution is 0.415. The molecule has 0 atom stereocenters. The predicted molar refractivity (Wildman–Crippen MR) is 65.2 cm³/mol. The summed E-state index contributed by atoms with van der Waals surface area (Å²) in [6.07, 6.45) is 0. The number of nitrogens with zero attached hydrogens (tertiary/aromatic N) is 1. The van der Waals surface area contributed by atoms with E-state index < -0.39 is 0 Å². The topological polar surface area (TPSA) is 21.6 Å². The number of aliphatic imine (C=N–C) groups is 1. The van der Waals surface area contributed by atoms with Crippen molar-refractivity contribution in [2.75, 3.05) is 7.11 Å². The molecule has 15 heavy (non-hydrogen) atoms. The zero-order chi connectivity index (χ0) is 11.5. The molecule has 82 valence electrons. The van der Waals surface area contributed by atoms with Crippen LogP contribution in [-0.4, -0.2) is 12.8 Å². The Labute approximate surface area is 92.0 Å². The maximum absolute atomic E-state index is 5.09. The van der Waals surface area contributed by atoms with Gasteiger partial charge >= 0.3 is 0 Å². The molecule has 0 saturated heterocycles. The van der Waals surface area contributed by atoms with Crippen molar-refractivity contribution in [3.05, 3.63) is 24.3 Å². The summed E-state index contributed by atoms with van der Waals surface area (Å²) in [5.41, 5.74) is 2.23. The SMILES string of the molecule is COc1ccc(N=C(C)C(C)(C)C)cc1. The summed E-state index contributed by atoms with van der Waals surface area (Å²) < 4.78 is 5.09. The first-order valence-corrected chi connectivity index (χ1v) is 5.13. The fourth-order valence-corrected chi connectivity index (χ4v) is 1.02. The summed E-state index contributed by atoms with van der Waals surface area (Å²) >= 11 is 0. The van der Waals surface area contributed by atoms with Crippen molar-refractivity contribution in [2.45, 2.75) is 27.7 Å². The average Bonchev–Trinajstić information content (AvgIpc) is 2.17. The number of hydrogen-bond acceptors (Lipinski definition) is 2. The standard InChI is InChI=1S/C13H19NO/c1-10(13(2,3)4)14-11-6-8-12(15-5)9-7-11/h6-9H,1-5H3. The molecule has 0 bridgehead atoms. The molecule has 0 unspecified atom stereocenters. The van der Waals surface area contributed by atoms with E-state index >= 15 is 0 Å². The van der Waals surface area contributed by atoms with Gasteiger partial charge in [0.25, 0.3) is 0 Å². The van der Waals surface area contributed by atoms with Crippen LogP contribution in [0.1, 0.15) is 27.7 Å². The minimum atomic E-state index is 0.125.